The van der Waals surface area contributed by atoms with Crippen molar-refractivity contribution in [1.29, 1.82) is 0 Å². The highest BCUT2D eigenvalue weighted by molar-refractivity contribution is 6.65. The summed E-state index contributed by atoms with van der Waals surface area (Å²) in [7, 11) is 7.65. The lowest BCUT2D eigenvalue weighted by molar-refractivity contribution is 0.475. The molecule has 1 aliphatic rings. The largest absolute Gasteiger partial charge is 0.508 e. The SMILES string of the molecule is [B]C1[B]c2ccc(O)cc2C=C1. The number of benzene rings is 1. The molecular formula is C9H7B2O. The number of phenols is 1. The van der Waals surface area contributed by atoms with Crippen LogP contribution in [0.15, 0.2) is 24.3 Å². The van der Waals surface area contributed by atoms with E-state index < -0.39 is 0 Å². The van der Waals surface area contributed by atoms with Gasteiger partial charge in [-0.25, -0.2) is 0 Å². The van der Waals surface area contributed by atoms with Crippen LogP contribution in [0.3, 0.4) is 0 Å². The summed E-state index contributed by atoms with van der Waals surface area (Å²) in [5, 5.41) is 9.18. The molecule has 1 aromatic rings. The highest BCUT2D eigenvalue weighted by Gasteiger charge is 2.10. The van der Waals surface area contributed by atoms with Crippen LogP contribution in [0.4, 0.5) is 0 Å². The molecule has 1 unspecified atom stereocenters. The average Bonchev–Trinajstić information content (AvgIpc) is 2.05. The number of hydrogen-bond acceptors (Lipinski definition) is 1. The quantitative estimate of drug-likeness (QED) is 0.542. The summed E-state index contributed by atoms with van der Waals surface area (Å²) in [6.45, 7) is 0. The minimum absolute atomic E-state index is 0.00189. The first-order chi connectivity index (χ1) is 5.75. The predicted octanol–water partition coefficient (Wildman–Crippen LogP) is 0.663. The van der Waals surface area contributed by atoms with Crippen molar-refractivity contribution in [2.45, 2.75) is 5.72 Å². The lowest BCUT2D eigenvalue weighted by Gasteiger charge is -2.14. The van der Waals surface area contributed by atoms with Crippen LogP contribution < -0.4 is 5.46 Å². The van der Waals surface area contributed by atoms with Gasteiger partial charge in [-0.3, -0.25) is 0 Å². The van der Waals surface area contributed by atoms with Crippen LogP contribution in [0.2, 0.25) is 5.72 Å². The predicted molar refractivity (Wildman–Crippen MR) is 52.0 cm³/mol. The van der Waals surface area contributed by atoms with Crippen LogP contribution in [0.25, 0.3) is 6.08 Å². The zero-order chi connectivity index (χ0) is 8.55. The van der Waals surface area contributed by atoms with Gasteiger partial charge in [-0.15, -0.1) is 0 Å². The second kappa shape index (κ2) is 2.74. The van der Waals surface area contributed by atoms with E-state index in [2.05, 4.69) is 0 Å². The Balaban J connectivity index is 2.47. The van der Waals surface area contributed by atoms with Crippen molar-refractivity contribution in [3.63, 3.8) is 0 Å². The smallest absolute Gasteiger partial charge is 0.150 e. The molecule has 12 heavy (non-hydrogen) atoms. The second-order valence-electron chi connectivity index (χ2n) is 2.92. The molecule has 0 saturated carbocycles. The van der Waals surface area contributed by atoms with Gasteiger partial charge >= 0.3 is 0 Å². The number of hydrogen-bond donors (Lipinski definition) is 1. The van der Waals surface area contributed by atoms with Gasteiger partial charge in [-0.2, -0.15) is 0 Å². The zero-order valence-electron chi connectivity index (χ0n) is 6.57. The van der Waals surface area contributed by atoms with Gasteiger partial charge in [0.25, 0.3) is 0 Å². The Morgan fingerprint density at radius 2 is 2.25 bits per heavy atom. The molecule has 3 radical (unpaired) electrons. The molecule has 1 aliphatic heterocycles. The molecule has 0 bridgehead atoms. The average molecular weight is 153 g/mol. The Morgan fingerprint density at radius 1 is 1.42 bits per heavy atom. The van der Waals surface area contributed by atoms with Gasteiger partial charge in [-0.05, 0) is 17.7 Å². The minimum Gasteiger partial charge on any atom is -0.508 e. The third-order valence-electron chi connectivity index (χ3n) is 1.94. The molecule has 1 atom stereocenters. The summed E-state index contributed by atoms with van der Waals surface area (Å²) in [5.41, 5.74) is 2.11. The summed E-state index contributed by atoms with van der Waals surface area (Å²) < 4.78 is 0. The summed E-state index contributed by atoms with van der Waals surface area (Å²) in [6.07, 6.45) is 3.83. The van der Waals surface area contributed by atoms with E-state index in [9.17, 15) is 5.11 Å². The number of fused-ring (bicyclic) bond motifs is 1. The molecule has 0 spiro atoms. The van der Waals surface area contributed by atoms with Crippen LogP contribution in [0.5, 0.6) is 5.75 Å². The fraction of sp³-hybridized carbons (Fsp3) is 0.111. The van der Waals surface area contributed by atoms with E-state index in [1.807, 2.05) is 25.5 Å². The molecule has 1 aromatic carbocycles. The Hall–Kier alpha value is -1.11. The molecule has 0 aliphatic carbocycles. The van der Waals surface area contributed by atoms with Gasteiger partial charge in [0.15, 0.2) is 7.28 Å². The standard InChI is InChI=1S/C9H7B2O/c10-9-4-1-6-5-7(12)2-3-8(6)11-9/h1-5,9,12H. The summed E-state index contributed by atoms with van der Waals surface area (Å²) in [5.74, 6) is 0.294. The molecule has 55 valence electrons. The third-order valence-corrected chi connectivity index (χ3v) is 1.94. The molecule has 0 amide bonds. The fourth-order valence-corrected chi connectivity index (χ4v) is 1.34. The van der Waals surface area contributed by atoms with Gasteiger partial charge in [0, 0.05) is 0 Å². The van der Waals surface area contributed by atoms with Gasteiger partial charge in [0.1, 0.15) is 5.75 Å². The van der Waals surface area contributed by atoms with Gasteiger partial charge in [-0.1, -0.05) is 29.4 Å². The molecule has 0 saturated heterocycles. The first kappa shape index (κ1) is 7.53. The van der Waals surface area contributed by atoms with E-state index in [1.54, 1.807) is 12.1 Å². The number of aromatic hydroxyl groups is 1. The molecular weight excluding hydrogens is 146 g/mol. The van der Waals surface area contributed by atoms with Gasteiger partial charge in [0.2, 0.25) is 0 Å². The first-order valence-corrected chi connectivity index (χ1v) is 3.87. The monoisotopic (exact) mass is 153 g/mol. The Bertz CT molecular complexity index is 333. The van der Waals surface area contributed by atoms with E-state index in [4.69, 9.17) is 7.85 Å². The minimum atomic E-state index is 0.00189. The summed E-state index contributed by atoms with van der Waals surface area (Å²) >= 11 is 0. The van der Waals surface area contributed by atoms with Gasteiger partial charge in [0.05, 0.1) is 7.85 Å². The van der Waals surface area contributed by atoms with Crippen LogP contribution in [-0.2, 0) is 0 Å². The van der Waals surface area contributed by atoms with Crippen molar-refractivity contribution in [3.8, 4) is 5.75 Å². The van der Waals surface area contributed by atoms with E-state index in [1.165, 1.54) is 0 Å². The second-order valence-corrected chi connectivity index (χ2v) is 2.92. The Labute approximate surface area is 73.8 Å². The van der Waals surface area contributed by atoms with Crippen molar-refractivity contribution >= 4 is 26.7 Å². The fourth-order valence-electron chi connectivity index (χ4n) is 1.34. The molecule has 1 nitrogen and oxygen atoms in total. The highest BCUT2D eigenvalue weighted by Crippen LogP contribution is 2.16. The van der Waals surface area contributed by atoms with Gasteiger partial charge < -0.3 is 5.11 Å². The number of allylic oxidation sites excluding steroid dienone is 1. The lowest BCUT2D eigenvalue weighted by atomic mass is 9.48. The summed E-state index contributed by atoms with van der Waals surface area (Å²) in [6, 6.07) is 5.27. The molecule has 1 N–H and O–H groups in total. The van der Waals surface area contributed by atoms with Crippen LogP contribution in [-0.4, -0.2) is 20.2 Å². The normalized spacial score (nSPS) is 19.8. The maximum Gasteiger partial charge on any atom is 0.150 e. The first-order valence-electron chi connectivity index (χ1n) is 3.87. The molecule has 0 aromatic heterocycles. The van der Waals surface area contributed by atoms with E-state index in [-0.39, 0.29) is 5.72 Å². The van der Waals surface area contributed by atoms with Crippen LogP contribution in [0, 0.1) is 0 Å². The number of phenolic OH excluding ortho intramolecular Hbond substituents is 1. The van der Waals surface area contributed by atoms with Crippen molar-refractivity contribution in [1.82, 2.24) is 0 Å². The summed E-state index contributed by atoms with van der Waals surface area (Å²) in [4.78, 5) is 0. The maximum absolute atomic E-state index is 9.18. The molecule has 2 rings (SSSR count). The maximum atomic E-state index is 9.18. The van der Waals surface area contributed by atoms with E-state index in [0.717, 1.165) is 11.0 Å². The van der Waals surface area contributed by atoms with Crippen molar-refractivity contribution in [2.24, 2.45) is 0 Å². The van der Waals surface area contributed by atoms with Crippen molar-refractivity contribution in [2.75, 3.05) is 0 Å². The Morgan fingerprint density at radius 3 is 3.08 bits per heavy atom. The lowest BCUT2D eigenvalue weighted by Crippen LogP contribution is -2.24. The highest BCUT2D eigenvalue weighted by atomic mass is 16.3. The van der Waals surface area contributed by atoms with E-state index >= 15 is 0 Å². The molecule has 3 heteroatoms. The van der Waals surface area contributed by atoms with Crippen molar-refractivity contribution in [3.05, 3.63) is 29.8 Å². The topological polar surface area (TPSA) is 20.2 Å². The molecule has 1 heterocycles. The zero-order valence-corrected chi connectivity index (χ0v) is 6.57. The Kier molecular flexibility index (Phi) is 1.72. The molecule has 0 fully saturated rings. The van der Waals surface area contributed by atoms with Crippen LogP contribution in [0.1, 0.15) is 5.56 Å². The number of rotatable bonds is 0. The van der Waals surface area contributed by atoms with Crippen molar-refractivity contribution < 1.29 is 5.11 Å². The van der Waals surface area contributed by atoms with Crippen LogP contribution >= 0.6 is 0 Å². The third kappa shape index (κ3) is 1.27. The van der Waals surface area contributed by atoms with E-state index in [0.29, 0.717) is 5.75 Å².